The maximum absolute atomic E-state index is 5.47. The Hall–Kier alpha value is -1.85. The molecule has 1 aromatic heterocycles. The summed E-state index contributed by atoms with van der Waals surface area (Å²) in [5, 5.41) is 3.39. The van der Waals surface area contributed by atoms with Gasteiger partial charge in [-0.3, -0.25) is 0 Å². The SMILES string of the molecule is COc1ccc(C)cc1-c1cnc(C2COCCN2)[nH]1. The number of hydrogen-bond acceptors (Lipinski definition) is 4. The van der Waals surface area contributed by atoms with Crippen LogP contribution < -0.4 is 10.1 Å². The summed E-state index contributed by atoms with van der Waals surface area (Å²) in [6.45, 7) is 4.33. The second kappa shape index (κ2) is 5.64. The maximum Gasteiger partial charge on any atom is 0.128 e. The second-order valence-electron chi connectivity index (χ2n) is 4.97. The van der Waals surface area contributed by atoms with Crippen LogP contribution >= 0.6 is 0 Å². The van der Waals surface area contributed by atoms with E-state index in [4.69, 9.17) is 9.47 Å². The molecule has 0 amide bonds. The molecule has 0 aliphatic carbocycles. The maximum atomic E-state index is 5.47. The Bertz CT molecular complexity index is 589. The molecular weight excluding hydrogens is 254 g/mol. The quantitative estimate of drug-likeness (QED) is 0.898. The van der Waals surface area contributed by atoms with Crippen molar-refractivity contribution in [3.63, 3.8) is 0 Å². The van der Waals surface area contributed by atoms with Gasteiger partial charge in [0.2, 0.25) is 0 Å². The van der Waals surface area contributed by atoms with Gasteiger partial charge in [0.15, 0.2) is 0 Å². The van der Waals surface area contributed by atoms with Crippen LogP contribution in [0.25, 0.3) is 11.3 Å². The van der Waals surface area contributed by atoms with Gasteiger partial charge in [-0.15, -0.1) is 0 Å². The Morgan fingerprint density at radius 3 is 3.05 bits per heavy atom. The van der Waals surface area contributed by atoms with Crippen LogP contribution in [-0.2, 0) is 4.74 Å². The van der Waals surface area contributed by atoms with Crippen molar-refractivity contribution >= 4 is 0 Å². The van der Waals surface area contributed by atoms with Gasteiger partial charge in [-0.1, -0.05) is 11.6 Å². The molecule has 1 fully saturated rings. The van der Waals surface area contributed by atoms with Gasteiger partial charge in [-0.25, -0.2) is 4.98 Å². The van der Waals surface area contributed by atoms with Crippen LogP contribution in [0.4, 0.5) is 0 Å². The summed E-state index contributed by atoms with van der Waals surface area (Å²) in [7, 11) is 1.68. The van der Waals surface area contributed by atoms with E-state index in [-0.39, 0.29) is 6.04 Å². The number of benzene rings is 1. The number of ether oxygens (including phenoxy) is 2. The minimum atomic E-state index is 0.133. The van der Waals surface area contributed by atoms with Gasteiger partial charge in [0, 0.05) is 12.1 Å². The van der Waals surface area contributed by atoms with E-state index in [1.54, 1.807) is 7.11 Å². The van der Waals surface area contributed by atoms with E-state index >= 15 is 0 Å². The van der Waals surface area contributed by atoms with E-state index < -0.39 is 0 Å². The van der Waals surface area contributed by atoms with Crippen LogP contribution in [0.5, 0.6) is 5.75 Å². The molecule has 1 atom stereocenters. The highest BCUT2D eigenvalue weighted by Crippen LogP contribution is 2.30. The van der Waals surface area contributed by atoms with Gasteiger partial charge >= 0.3 is 0 Å². The number of aromatic nitrogens is 2. The molecule has 5 heteroatoms. The molecular formula is C15H19N3O2. The molecule has 1 saturated heterocycles. The normalized spacial score (nSPS) is 19.0. The average Bonchev–Trinajstić information content (AvgIpc) is 2.98. The lowest BCUT2D eigenvalue weighted by Gasteiger charge is -2.21. The largest absolute Gasteiger partial charge is 0.496 e. The molecule has 106 valence electrons. The lowest BCUT2D eigenvalue weighted by atomic mass is 10.1. The number of imidazole rings is 1. The zero-order valence-electron chi connectivity index (χ0n) is 11.8. The van der Waals surface area contributed by atoms with E-state index in [9.17, 15) is 0 Å². The Balaban J connectivity index is 1.91. The van der Waals surface area contributed by atoms with Crippen molar-refractivity contribution in [1.82, 2.24) is 15.3 Å². The number of hydrogen-bond donors (Lipinski definition) is 2. The van der Waals surface area contributed by atoms with Gasteiger partial charge in [-0.05, 0) is 19.1 Å². The molecule has 1 aliphatic heterocycles. The van der Waals surface area contributed by atoms with Crippen LogP contribution in [0, 0.1) is 6.92 Å². The second-order valence-corrected chi connectivity index (χ2v) is 4.97. The summed E-state index contributed by atoms with van der Waals surface area (Å²) in [5.74, 6) is 1.75. The van der Waals surface area contributed by atoms with Gasteiger partial charge in [0.25, 0.3) is 0 Å². The molecule has 1 aromatic carbocycles. The van der Waals surface area contributed by atoms with Crippen molar-refractivity contribution in [2.24, 2.45) is 0 Å². The molecule has 20 heavy (non-hydrogen) atoms. The van der Waals surface area contributed by atoms with Crippen LogP contribution in [0.2, 0.25) is 0 Å². The highest BCUT2D eigenvalue weighted by Gasteiger charge is 2.19. The fourth-order valence-corrected chi connectivity index (χ4v) is 2.42. The first kappa shape index (κ1) is 13.1. The number of morpholine rings is 1. The fraction of sp³-hybridized carbons (Fsp3) is 0.400. The van der Waals surface area contributed by atoms with Crippen molar-refractivity contribution in [1.29, 1.82) is 0 Å². The van der Waals surface area contributed by atoms with Crippen LogP contribution in [-0.4, -0.2) is 36.8 Å². The van der Waals surface area contributed by atoms with Gasteiger partial charge in [0.05, 0.1) is 38.3 Å². The van der Waals surface area contributed by atoms with Gasteiger partial charge in [0.1, 0.15) is 11.6 Å². The van der Waals surface area contributed by atoms with E-state index in [2.05, 4.69) is 28.3 Å². The van der Waals surface area contributed by atoms with Gasteiger partial charge < -0.3 is 19.8 Å². The minimum absolute atomic E-state index is 0.133. The molecule has 1 unspecified atom stereocenters. The molecule has 0 bridgehead atoms. The lowest BCUT2D eigenvalue weighted by molar-refractivity contribution is 0.0745. The summed E-state index contributed by atoms with van der Waals surface area (Å²) in [6, 6.07) is 6.25. The lowest BCUT2D eigenvalue weighted by Crippen LogP contribution is -2.35. The molecule has 5 nitrogen and oxygen atoms in total. The number of nitrogens with one attached hydrogen (secondary N) is 2. The minimum Gasteiger partial charge on any atom is -0.496 e. The number of rotatable bonds is 3. The first-order valence-corrected chi connectivity index (χ1v) is 6.79. The van der Waals surface area contributed by atoms with Crippen molar-refractivity contribution in [3.8, 4) is 17.0 Å². The number of aryl methyl sites for hydroxylation is 1. The highest BCUT2D eigenvalue weighted by molar-refractivity contribution is 5.67. The first-order chi connectivity index (χ1) is 9.78. The summed E-state index contributed by atoms with van der Waals surface area (Å²) in [5.41, 5.74) is 3.19. The Morgan fingerprint density at radius 1 is 1.40 bits per heavy atom. The Kier molecular flexibility index (Phi) is 3.71. The third kappa shape index (κ3) is 2.55. The third-order valence-electron chi connectivity index (χ3n) is 3.49. The zero-order valence-corrected chi connectivity index (χ0v) is 11.8. The van der Waals surface area contributed by atoms with Crippen LogP contribution in [0.15, 0.2) is 24.4 Å². The van der Waals surface area contributed by atoms with Gasteiger partial charge in [-0.2, -0.15) is 0 Å². The number of aromatic amines is 1. The molecule has 1 aliphatic rings. The van der Waals surface area contributed by atoms with E-state index in [1.165, 1.54) is 5.56 Å². The summed E-state index contributed by atoms with van der Waals surface area (Å²) < 4.78 is 10.9. The molecule has 0 radical (unpaired) electrons. The number of nitrogens with zero attached hydrogens (tertiary/aromatic N) is 1. The van der Waals surface area contributed by atoms with E-state index in [0.29, 0.717) is 6.61 Å². The zero-order chi connectivity index (χ0) is 13.9. The molecule has 0 saturated carbocycles. The van der Waals surface area contributed by atoms with Crippen LogP contribution in [0.1, 0.15) is 17.4 Å². The van der Waals surface area contributed by atoms with E-state index in [1.807, 2.05) is 18.3 Å². The molecule has 3 rings (SSSR count). The molecule has 0 spiro atoms. The summed E-state index contributed by atoms with van der Waals surface area (Å²) in [4.78, 5) is 7.84. The third-order valence-corrected chi connectivity index (χ3v) is 3.49. The number of H-pyrrole nitrogens is 1. The van der Waals surface area contributed by atoms with Crippen molar-refractivity contribution in [2.75, 3.05) is 26.9 Å². The predicted molar refractivity (Wildman–Crippen MR) is 76.9 cm³/mol. The molecule has 2 N–H and O–H groups in total. The Labute approximate surface area is 118 Å². The predicted octanol–water partition coefficient (Wildman–Crippen LogP) is 2.05. The van der Waals surface area contributed by atoms with Crippen molar-refractivity contribution < 1.29 is 9.47 Å². The standard InChI is InChI=1S/C15H19N3O2/c1-10-3-4-14(19-2)11(7-10)12-8-17-15(18-12)13-9-20-6-5-16-13/h3-4,7-8,13,16H,5-6,9H2,1-2H3,(H,17,18). The van der Waals surface area contributed by atoms with Crippen molar-refractivity contribution in [3.05, 3.63) is 35.8 Å². The monoisotopic (exact) mass is 273 g/mol. The molecule has 2 aromatic rings. The summed E-state index contributed by atoms with van der Waals surface area (Å²) >= 11 is 0. The fourth-order valence-electron chi connectivity index (χ4n) is 2.42. The topological polar surface area (TPSA) is 59.2 Å². The van der Waals surface area contributed by atoms with Crippen molar-refractivity contribution in [2.45, 2.75) is 13.0 Å². The number of methoxy groups -OCH3 is 1. The highest BCUT2D eigenvalue weighted by atomic mass is 16.5. The average molecular weight is 273 g/mol. The Morgan fingerprint density at radius 2 is 2.30 bits per heavy atom. The molecule has 2 heterocycles. The van der Waals surface area contributed by atoms with Crippen LogP contribution in [0.3, 0.4) is 0 Å². The van der Waals surface area contributed by atoms with E-state index in [0.717, 1.165) is 36.0 Å². The smallest absolute Gasteiger partial charge is 0.128 e. The summed E-state index contributed by atoms with van der Waals surface area (Å²) in [6.07, 6.45) is 1.85. The first-order valence-electron chi connectivity index (χ1n) is 6.79.